The van der Waals surface area contributed by atoms with Gasteiger partial charge >= 0.3 is 0 Å². The fourth-order valence-corrected chi connectivity index (χ4v) is 2.20. The molecular formula is C16H14N4O3. The molecule has 0 aliphatic rings. The van der Waals surface area contributed by atoms with Gasteiger partial charge in [-0.15, -0.1) is 0 Å². The third kappa shape index (κ3) is 2.89. The number of aromatic hydroxyl groups is 1. The molecule has 0 bridgehead atoms. The lowest BCUT2D eigenvalue weighted by molar-refractivity contribution is 0.0945. The number of hydrogen-bond donors (Lipinski definition) is 2. The number of pyridine rings is 2. The topological polar surface area (TPSA) is 96.6 Å². The summed E-state index contributed by atoms with van der Waals surface area (Å²) in [6.45, 7) is 2.04. The molecule has 0 aliphatic heterocycles. The first kappa shape index (κ1) is 14.7. The quantitative estimate of drug-likeness (QED) is 0.753. The number of fused-ring (bicyclic) bond motifs is 1. The van der Waals surface area contributed by atoms with Gasteiger partial charge in [0.2, 0.25) is 5.88 Å². The molecule has 0 aromatic carbocycles. The molecule has 0 radical (unpaired) electrons. The van der Waals surface area contributed by atoms with Crippen LogP contribution in [0, 0.1) is 6.92 Å². The monoisotopic (exact) mass is 310 g/mol. The fraction of sp³-hybridized carbons (Fsp3) is 0.125. The second-order valence-corrected chi connectivity index (χ2v) is 5.09. The Morgan fingerprint density at radius 2 is 2.22 bits per heavy atom. The molecule has 7 nitrogen and oxygen atoms in total. The second-order valence-electron chi connectivity index (χ2n) is 5.09. The van der Waals surface area contributed by atoms with Gasteiger partial charge in [0.1, 0.15) is 5.65 Å². The molecule has 3 heterocycles. The molecule has 2 N–H and O–H groups in total. The Morgan fingerprint density at radius 3 is 2.96 bits per heavy atom. The van der Waals surface area contributed by atoms with E-state index in [1.165, 1.54) is 10.6 Å². The zero-order chi connectivity index (χ0) is 16.4. The van der Waals surface area contributed by atoms with E-state index < -0.39 is 17.3 Å². The predicted molar refractivity (Wildman–Crippen MR) is 83.3 cm³/mol. The zero-order valence-electron chi connectivity index (χ0n) is 12.4. The maximum absolute atomic E-state index is 12.4. The van der Waals surface area contributed by atoms with Crippen LogP contribution in [0.5, 0.6) is 5.88 Å². The summed E-state index contributed by atoms with van der Waals surface area (Å²) < 4.78 is 1.23. The van der Waals surface area contributed by atoms with Crippen LogP contribution in [0.4, 0.5) is 0 Å². The molecule has 23 heavy (non-hydrogen) atoms. The Morgan fingerprint density at radius 1 is 1.39 bits per heavy atom. The number of rotatable bonds is 3. The number of aromatic nitrogens is 3. The molecule has 1 amide bonds. The summed E-state index contributed by atoms with van der Waals surface area (Å²) in [4.78, 5) is 32.5. The summed E-state index contributed by atoms with van der Waals surface area (Å²) in [7, 11) is 0. The lowest BCUT2D eigenvalue weighted by Gasteiger charge is -2.08. The highest BCUT2D eigenvalue weighted by Crippen LogP contribution is 2.12. The van der Waals surface area contributed by atoms with Crippen LogP contribution in [0.1, 0.15) is 21.5 Å². The molecule has 3 aromatic rings. The molecule has 3 rings (SSSR count). The molecule has 0 fully saturated rings. The van der Waals surface area contributed by atoms with Gasteiger partial charge in [-0.25, -0.2) is 0 Å². The van der Waals surface area contributed by atoms with Crippen LogP contribution >= 0.6 is 0 Å². The lowest BCUT2D eigenvalue weighted by Crippen LogP contribution is -2.31. The van der Waals surface area contributed by atoms with E-state index in [2.05, 4.69) is 15.3 Å². The number of nitrogens with zero attached hydrogens (tertiary/aromatic N) is 3. The zero-order valence-corrected chi connectivity index (χ0v) is 12.4. The first-order valence-corrected chi connectivity index (χ1v) is 6.95. The Balaban J connectivity index is 1.94. The molecule has 0 saturated carbocycles. The van der Waals surface area contributed by atoms with Crippen molar-refractivity contribution < 1.29 is 9.90 Å². The predicted octanol–water partition coefficient (Wildman–Crippen LogP) is 1.03. The minimum atomic E-state index is -0.682. The average Bonchev–Trinajstić information content (AvgIpc) is 2.53. The van der Waals surface area contributed by atoms with E-state index in [9.17, 15) is 14.7 Å². The highest BCUT2D eigenvalue weighted by atomic mass is 16.3. The van der Waals surface area contributed by atoms with Crippen LogP contribution in [0.3, 0.4) is 0 Å². The average molecular weight is 310 g/mol. The van der Waals surface area contributed by atoms with Crippen molar-refractivity contribution in [3.63, 3.8) is 0 Å². The van der Waals surface area contributed by atoms with Crippen LogP contribution in [0.25, 0.3) is 5.65 Å². The van der Waals surface area contributed by atoms with E-state index in [4.69, 9.17) is 0 Å². The first-order chi connectivity index (χ1) is 11.1. The molecular weight excluding hydrogens is 296 g/mol. The van der Waals surface area contributed by atoms with Gasteiger partial charge in [0.05, 0.1) is 0 Å². The van der Waals surface area contributed by atoms with E-state index in [-0.39, 0.29) is 17.8 Å². The standard InChI is InChI=1S/C16H14N4O3/c1-10-4-6-20-12(7-10)19-15(22)13(16(20)23)14(21)18-9-11-3-2-5-17-8-11/h2-8,22H,9H2,1H3,(H,18,21). The van der Waals surface area contributed by atoms with Gasteiger partial charge in [-0.3, -0.25) is 19.0 Å². The molecule has 0 unspecified atom stereocenters. The Labute approximate surface area is 131 Å². The first-order valence-electron chi connectivity index (χ1n) is 6.95. The summed E-state index contributed by atoms with van der Waals surface area (Å²) in [5.74, 6) is -1.26. The van der Waals surface area contributed by atoms with Gasteiger partial charge in [-0.05, 0) is 36.2 Å². The van der Waals surface area contributed by atoms with Crippen molar-refractivity contribution >= 4 is 11.6 Å². The highest BCUT2D eigenvalue weighted by molar-refractivity contribution is 5.96. The smallest absolute Gasteiger partial charge is 0.274 e. The normalized spacial score (nSPS) is 10.7. The van der Waals surface area contributed by atoms with E-state index in [0.717, 1.165) is 11.1 Å². The maximum atomic E-state index is 12.4. The van der Waals surface area contributed by atoms with Crippen molar-refractivity contribution in [2.45, 2.75) is 13.5 Å². The summed E-state index contributed by atoms with van der Waals surface area (Å²) in [5.41, 5.74) is 0.970. The SMILES string of the molecule is Cc1ccn2c(=O)c(C(=O)NCc3cccnc3)c(O)nc2c1. The van der Waals surface area contributed by atoms with Gasteiger partial charge in [-0.2, -0.15) is 4.98 Å². The van der Waals surface area contributed by atoms with Crippen LogP contribution in [0.2, 0.25) is 0 Å². The minimum Gasteiger partial charge on any atom is -0.493 e. The van der Waals surface area contributed by atoms with Crippen LogP contribution in [-0.4, -0.2) is 25.4 Å². The van der Waals surface area contributed by atoms with Gasteiger partial charge in [-0.1, -0.05) is 6.07 Å². The molecule has 0 spiro atoms. The van der Waals surface area contributed by atoms with E-state index >= 15 is 0 Å². The van der Waals surface area contributed by atoms with Crippen LogP contribution in [-0.2, 0) is 6.54 Å². The fourth-order valence-electron chi connectivity index (χ4n) is 2.20. The number of aryl methyl sites for hydroxylation is 1. The van der Waals surface area contributed by atoms with E-state index in [1.54, 1.807) is 36.7 Å². The number of carbonyl (C=O) groups excluding carboxylic acids is 1. The van der Waals surface area contributed by atoms with Crippen molar-refractivity contribution in [3.8, 4) is 5.88 Å². The second kappa shape index (κ2) is 5.88. The molecule has 7 heteroatoms. The van der Waals surface area contributed by atoms with Crippen molar-refractivity contribution in [1.29, 1.82) is 0 Å². The summed E-state index contributed by atoms with van der Waals surface area (Å²) in [6.07, 6.45) is 4.75. The van der Waals surface area contributed by atoms with E-state index in [1.807, 2.05) is 6.92 Å². The highest BCUT2D eigenvalue weighted by Gasteiger charge is 2.19. The van der Waals surface area contributed by atoms with Crippen LogP contribution < -0.4 is 10.9 Å². The van der Waals surface area contributed by atoms with Gasteiger partial charge < -0.3 is 10.4 Å². The Hall–Kier alpha value is -3.22. The molecule has 0 atom stereocenters. The van der Waals surface area contributed by atoms with Crippen molar-refractivity contribution in [2.24, 2.45) is 0 Å². The summed E-state index contributed by atoms with van der Waals surface area (Å²) in [6, 6.07) is 6.91. The number of nitrogens with one attached hydrogen (secondary N) is 1. The van der Waals surface area contributed by atoms with Crippen molar-refractivity contribution in [1.82, 2.24) is 19.7 Å². The van der Waals surface area contributed by atoms with E-state index in [0.29, 0.717) is 0 Å². The Kier molecular flexibility index (Phi) is 3.76. The third-order valence-corrected chi connectivity index (χ3v) is 3.37. The lowest BCUT2D eigenvalue weighted by atomic mass is 10.2. The third-order valence-electron chi connectivity index (χ3n) is 3.37. The summed E-state index contributed by atoms with van der Waals surface area (Å²) in [5, 5.41) is 12.5. The van der Waals surface area contributed by atoms with Crippen molar-refractivity contribution in [3.05, 3.63) is 69.9 Å². The van der Waals surface area contributed by atoms with Gasteiger partial charge in [0.25, 0.3) is 11.5 Å². The van der Waals surface area contributed by atoms with Gasteiger partial charge in [0, 0.05) is 25.1 Å². The van der Waals surface area contributed by atoms with Crippen LogP contribution in [0.15, 0.2) is 47.7 Å². The maximum Gasteiger partial charge on any atom is 0.274 e. The number of carbonyl (C=O) groups is 1. The molecule has 3 aromatic heterocycles. The summed E-state index contributed by atoms with van der Waals surface area (Å²) >= 11 is 0. The largest absolute Gasteiger partial charge is 0.493 e. The van der Waals surface area contributed by atoms with Crippen molar-refractivity contribution in [2.75, 3.05) is 0 Å². The number of amides is 1. The number of hydrogen-bond acceptors (Lipinski definition) is 5. The molecule has 116 valence electrons. The minimum absolute atomic E-state index is 0.197. The molecule has 0 aliphatic carbocycles. The Bertz CT molecular complexity index is 935. The van der Waals surface area contributed by atoms with Gasteiger partial charge in [0.15, 0.2) is 5.56 Å². The molecule has 0 saturated heterocycles.